The van der Waals surface area contributed by atoms with Gasteiger partial charge in [0.05, 0.1) is 0 Å². The van der Waals surface area contributed by atoms with Gasteiger partial charge in [0.25, 0.3) is 5.91 Å². The summed E-state index contributed by atoms with van der Waals surface area (Å²) in [6.45, 7) is 2.13. The van der Waals surface area contributed by atoms with Crippen LogP contribution in [0.1, 0.15) is 10.5 Å². The first-order valence-electron chi connectivity index (χ1n) is 5.89. The largest absolute Gasteiger partial charge is 0.375 e. The SMILES string of the molecule is COCC(=O)N1CCN(C(=O)c2csc(N)n2)CC1. The van der Waals surface area contributed by atoms with Gasteiger partial charge in [-0.05, 0) is 0 Å². The van der Waals surface area contributed by atoms with Crippen LogP contribution >= 0.6 is 11.3 Å². The Morgan fingerprint density at radius 1 is 1.37 bits per heavy atom. The molecule has 19 heavy (non-hydrogen) atoms. The molecular weight excluding hydrogens is 268 g/mol. The van der Waals surface area contributed by atoms with Crippen molar-refractivity contribution in [1.82, 2.24) is 14.8 Å². The summed E-state index contributed by atoms with van der Waals surface area (Å²) < 4.78 is 4.81. The Balaban J connectivity index is 1.89. The second-order valence-electron chi connectivity index (χ2n) is 4.18. The number of hydrogen-bond acceptors (Lipinski definition) is 6. The summed E-state index contributed by atoms with van der Waals surface area (Å²) in [7, 11) is 1.49. The lowest BCUT2D eigenvalue weighted by Gasteiger charge is -2.34. The molecule has 0 atom stereocenters. The average Bonchev–Trinajstić information content (AvgIpc) is 2.85. The second kappa shape index (κ2) is 5.98. The van der Waals surface area contributed by atoms with Crippen molar-refractivity contribution in [2.45, 2.75) is 0 Å². The number of methoxy groups -OCH3 is 1. The maximum Gasteiger partial charge on any atom is 0.273 e. The van der Waals surface area contributed by atoms with Gasteiger partial charge in [-0.15, -0.1) is 11.3 Å². The van der Waals surface area contributed by atoms with Crippen molar-refractivity contribution < 1.29 is 14.3 Å². The van der Waals surface area contributed by atoms with Gasteiger partial charge in [-0.1, -0.05) is 0 Å². The molecule has 0 aromatic carbocycles. The van der Waals surface area contributed by atoms with Crippen molar-refractivity contribution in [2.75, 3.05) is 45.6 Å². The Labute approximate surface area is 115 Å². The van der Waals surface area contributed by atoms with Gasteiger partial charge in [-0.2, -0.15) is 0 Å². The number of hydrogen-bond donors (Lipinski definition) is 1. The molecule has 8 heteroatoms. The van der Waals surface area contributed by atoms with Crippen LogP contribution in [0.4, 0.5) is 5.13 Å². The minimum absolute atomic E-state index is 0.0486. The third-order valence-corrected chi connectivity index (χ3v) is 3.60. The fourth-order valence-corrected chi connectivity index (χ4v) is 2.46. The van der Waals surface area contributed by atoms with Gasteiger partial charge >= 0.3 is 0 Å². The van der Waals surface area contributed by atoms with E-state index in [0.717, 1.165) is 0 Å². The molecule has 0 aliphatic carbocycles. The van der Waals surface area contributed by atoms with E-state index in [1.807, 2.05) is 0 Å². The average molecular weight is 284 g/mol. The third-order valence-electron chi connectivity index (χ3n) is 2.93. The highest BCUT2D eigenvalue weighted by Gasteiger charge is 2.25. The summed E-state index contributed by atoms with van der Waals surface area (Å²) in [5, 5.41) is 2.04. The molecule has 2 heterocycles. The molecule has 0 radical (unpaired) electrons. The number of nitrogens with zero attached hydrogens (tertiary/aromatic N) is 3. The molecule has 0 spiro atoms. The Bertz CT molecular complexity index is 468. The van der Waals surface area contributed by atoms with Crippen molar-refractivity contribution in [3.8, 4) is 0 Å². The van der Waals surface area contributed by atoms with Crippen molar-refractivity contribution in [2.24, 2.45) is 0 Å². The van der Waals surface area contributed by atoms with Gasteiger partial charge in [0.15, 0.2) is 5.13 Å². The monoisotopic (exact) mass is 284 g/mol. The predicted octanol–water partition coefficient (Wildman–Crippen LogP) is -0.344. The van der Waals surface area contributed by atoms with Crippen LogP contribution in [-0.4, -0.2) is 66.5 Å². The van der Waals surface area contributed by atoms with E-state index in [4.69, 9.17) is 10.5 Å². The molecule has 1 aromatic heterocycles. The number of anilines is 1. The molecule has 1 saturated heterocycles. The van der Waals surface area contributed by atoms with E-state index in [2.05, 4.69) is 4.98 Å². The van der Waals surface area contributed by atoms with E-state index < -0.39 is 0 Å². The van der Waals surface area contributed by atoms with Crippen molar-refractivity contribution >= 4 is 28.3 Å². The van der Waals surface area contributed by atoms with Crippen molar-refractivity contribution in [1.29, 1.82) is 0 Å². The quantitative estimate of drug-likeness (QED) is 0.820. The Morgan fingerprint density at radius 2 is 2.00 bits per heavy atom. The number of carbonyl (C=O) groups is 2. The number of nitrogen functional groups attached to an aromatic ring is 1. The van der Waals surface area contributed by atoms with E-state index in [1.54, 1.807) is 15.2 Å². The summed E-state index contributed by atoms with van der Waals surface area (Å²) in [4.78, 5) is 31.1. The molecule has 2 N–H and O–H groups in total. The van der Waals surface area contributed by atoms with Crippen molar-refractivity contribution in [3.63, 3.8) is 0 Å². The molecule has 0 unspecified atom stereocenters. The molecule has 1 fully saturated rings. The zero-order valence-corrected chi connectivity index (χ0v) is 11.5. The fraction of sp³-hybridized carbons (Fsp3) is 0.545. The zero-order chi connectivity index (χ0) is 13.8. The van der Waals surface area contributed by atoms with Crippen LogP contribution in [0.2, 0.25) is 0 Å². The molecule has 104 valence electrons. The normalized spacial score (nSPS) is 15.6. The Morgan fingerprint density at radius 3 is 2.53 bits per heavy atom. The summed E-state index contributed by atoms with van der Waals surface area (Å²) in [6.07, 6.45) is 0. The van der Waals surface area contributed by atoms with Crippen LogP contribution in [-0.2, 0) is 9.53 Å². The minimum atomic E-state index is -0.133. The molecule has 1 aliphatic heterocycles. The fourth-order valence-electron chi connectivity index (χ4n) is 1.92. The number of carbonyl (C=O) groups excluding carboxylic acids is 2. The summed E-state index contributed by atoms with van der Waals surface area (Å²) in [5.74, 6) is -0.181. The molecule has 2 amide bonds. The Hall–Kier alpha value is -1.67. The van der Waals surface area contributed by atoms with Gasteiger partial charge in [0, 0.05) is 38.7 Å². The Kier molecular flexibility index (Phi) is 4.33. The lowest BCUT2D eigenvalue weighted by molar-refractivity contribution is -0.136. The molecule has 0 bridgehead atoms. The van der Waals surface area contributed by atoms with Gasteiger partial charge in [0.1, 0.15) is 12.3 Å². The number of piperazine rings is 1. The minimum Gasteiger partial charge on any atom is -0.375 e. The highest BCUT2D eigenvalue weighted by Crippen LogP contribution is 2.14. The first-order chi connectivity index (χ1) is 9.11. The van der Waals surface area contributed by atoms with Crippen LogP contribution in [0.15, 0.2) is 5.38 Å². The number of amides is 2. The van der Waals surface area contributed by atoms with E-state index in [0.29, 0.717) is 37.0 Å². The predicted molar refractivity (Wildman–Crippen MR) is 70.9 cm³/mol. The van der Waals surface area contributed by atoms with Crippen LogP contribution in [0.3, 0.4) is 0 Å². The molecule has 2 rings (SSSR count). The molecule has 1 aromatic rings. The van der Waals surface area contributed by atoms with Crippen molar-refractivity contribution in [3.05, 3.63) is 11.1 Å². The molecule has 0 saturated carbocycles. The maximum atomic E-state index is 12.1. The number of ether oxygens (including phenoxy) is 1. The zero-order valence-electron chi connectivity index (χ0n) is 10.7. The smallest absolute Gasteiger partial charge is 0.273 e. The van der Waals surface area contributed by atoms with Crippen LogP contribution < -0.4 is 5.73 Å². The first-order valence-corrected chi connectivity index (χ1v) is 6.76. The molecule has 1 aliphatic rings. The summed E-state index contributed by atoms with van der Waals surface area (Å²) >= 11 is 1.25. The van der Waals surface area contributed by atoms with Crippen LogP contribution in [0.25, 0.3) is 0 Å². The topological polar surface area (TPSA) is 88.8 Å². The maximum absolute atomic E-state index is 12.1. The third kappa shape index (κ3) is 3.21. The van der Waals surface area contributed by atoms with E-state index >= 15 is 0 Å². The number of thiazole rings is 1. The standard InChI is InChI=1S/C11H16N4O3S/c1-18-6-9(16)14-2-4-15(5-3-14)10(17)8-7-19-11(12)13-8/h7H,2-6H2,1H3,(H2,12,13). The summed E-state index contributed by atoms with van der Waals surface area (Å²) in [5.41, 5.74) is 5.89. The highest BCUT2D eigenvalue weighted by atomic mass is 32.1. The second-order valence-corrected chi connectivity index (χ2v) is 5.07. The first kappa shape index (κ1) is 13.8. The van der Waals surface area contributed by atoms with Gasteiger partial charge in [0.2, 0.25) is 5.91 Å². The lowest BCUT2D eigenvalue weighted by Crippen LogP contribution is -2.51. The van der Waals surface area contributed by atoms with Crippen LogP contribution in [0.5, 0.6) is 0 Å². The molecular formula is C11H16N4O3S. The van der Waals surface area contributed by atoms with Gasteiger partial charge in [-0.3, -0.25) is 9.59 Å². The highest BCUT2D eigenvalue weighted by molar-refractivity contribution is 7.13. The van der Waals surface area contributed by atoms with Crippen LogP contribution in [0, 0.1) is 0 Å². The van der Waals surface area contributed by atoms with Gasteiger partial charge < -0.3 is 20.3 Å². The molecule has 7 nitrogen and oxygen atoms in total. The van der Waals surface area contributed by atoms with E-state index in [9.17, 15) is 9.59 Å². The van der Waals surface area contributed by atoms with E-state index in [1.165, 1.54) is 18.4 Å². The number of nitrogens with two attached hydrogens (primary N) is 1. The number of rotatable bonds is 3. The van der Waals surface area contributed by atoms with E-state index in [-0.39, 0.29) is 18.4 Å². The van der Waals surface area contributed by atoms with Gasteiger partial charge in [-0.25, -0.2) is 4.98 Å². The summed E-state index contributed by atoms with van der Waals surface area (Å²) in [6, 6.07) is 0. The lowest BCUT2D eigenvalue weighted by atomic mass is 10.3. The number of aromatic nitrogens is 1.